The van der Waals surface area contributed by atoms with Crippen LogP contribution >= 0.6 is 0 Å². The van der Waals surface area contributed by atoms with E-state index < -0.39 is 6.10 Å². The van der Waals surface area contributed by atoms with E-state index in [4.69, 9.17) is 14.2 Å². The van der Waals surface area contributed by atoms with E-state index in [9.17, 15) is 14.4 Å². The third-order valence-corrected chi connectivity index (χ3v) is 5.97. The minimum Gasteiger partial charge on any atom is -0.458 e. The first-order valence-corrected chi connectivity index (χ1v) is 11.7. The number of esters is 3. The molecule has 2 aliphatic heterocycles. The zero-order valence-corrected chi connectivity index (χ0v) is 18.8. The number of ether oxygens (including phenoxy) is 3. The van der Waals surface area contributed by atoms with E-state index in [0.717, 1.165) is 37.7 Å². The predicted molar refractivity (Wildman–Crippen MR) is 114 cm³/mol. The number of rotatable bonds is 14. The van der Waals surface area contributed by atoms with Gasteiger partial charge in [-0.3, -0.25) is 9.59 Å². The summed E-state index contributed by atoms with van der Waals surface area (Å²) < 4.78 is 15.6. The van der Waals surface area contributed by atoms with Crippen molar-refractivity contribution in [3.05, 3.63) is 11.6 Å². The molecule has 0 amide bonds. The molecule has 0 saturated carbocycles. The number of hydrogen-bond acceptors (Lipinski definition) is 6. The van der Waals surface area contributed by atoms with Crippen molar-refractivity contribution in [1.82, 2.24) is 0 Å². The fourth-order valence-electron chi connectivity index (χ4n) is 4.36. The lowest BCUT2D eigenvalue weighted by Gasteiger charge is -2.18. The summed E-state index contributed by atoms with van der Waals surface area (Å²) in [6, 6.07) is 0. The Hall–Kier alpha value is -1.85. The Morgan fingerprint density at radius 2 is 1.47 bits per heavy atom. The van der Waals surface area contributed by atoms with Gasteiger partial charge in [0.2, 0.25) is 0 Å². The van der Waals surface area contributed by atoms with E-state index >= 15 is 0 Å². The van der Waals surface area contributed by atoms with Crippen LogP contribution in [0.1, 0.15) is 97.8 Å². The van der Waals surface area contributed by atoms with Crippen molar-refractivity contribution in [2.24, 2.45) is 5.92 Å². The molecule has 0 aromatic heterocycles. The summed E-state index contributed by atoms with van der Waals surface area (Å²) in [7, 11) is 0. The van der Waals surface area contributed by atoms with Crippen LogP contribution in [0.15, 0.2) is 11.6 Å². The summed E-state index contributed by atoms with van der Waals surface area (Å²) in [5, 5.41) is 0. The van der Waals surface area contributed by atoms with Crippen molar-refractivity contribution in [1.29, 1.82) is 0 Å². The second-order valence-corrected chi connectivity index (χ2v) is 8.70. The molecule has 0 aromatic rings. The van der Waals surface area contributed by atoms with Gasteiger partial charge in [0.15, 0.2) is 6.10 Å². The maximum absolute atomic E-state index is 12.0. The number of hydrogen-bond donors (Lipinski definition) is 0. The van der Waals surface area contributed by atoms with Crippen molar-refractivity contribution < 1.29 is 28.6 Å². The first-order valence-electron chi connectivity index (χ1n) is 11.7. The van der Waals surface area contributed by atoms with E-state index in [0.29, 0.717) is 0 Å². The van der Waals surface area contributed by atoms with Gasteiger partial charge in [-0.2, -0.15) is 0 Å². The van der Waals surface area contributed by atoms with Crippen LogP contribution in [-0.4, -0.2) is 36.2 Å². The molecule has 0 spiro atoms. The normalized spacial score (nSPS) is 25.8. The van der Waals surface area contributed by atoms with E-state index in [-0.39, 0.29) is 36.0 Å². The molecule has 1 fully saturated rings. The molecule has 0 unspecified atom stereocenters. The average molecular weight is 423 g/mol. The molecular formula is C24H38O6. The van der Waals surface area contributed by atoms with E-state index in [1.54, 1.807) is 6.92 Å². The number of cyclic esters (lactones) is 2. The first-order chi connectivity index (χ1) is 14.4. The lowest BCUT2D eigenvalue weighted by atomic mass is 9.94. The van der Waals surface area contributed by atoms with Crippen molar-refractivity contribution in [2.75, 3.05) is 0 Å². The molecule has 0 aromatic carbocycles. The zero-order chi connectivity index (χ0) is 21.9. The molecule has 1 saturated heterocycles. The molecule has 2 heterocycles. The van der Waals surface area contributed by atoms with Crippen LogP contribution in [0.3, 0.4) is 0 Å². The van der Waals surface area contributed by atoms with Gasteiger partial charge >= 0.3 is 17.9 Å². The van der Waals surface area contributed by atoms with E-state index in [1.165, 1.54) is 51.9 Å². The molecule has 170 valence electrons. The fraction of sp³-hybridized carbons (Fsp3) is 0.792. The molecule has 0 bridgehead atoms. The second kappa shape index (κ2) is 12.8. The summed E-state index contributed by atoms with van der Waals surface area (Å²) in [4.78, 5) is 34.7. The topological polar surface area (TPSA) is 78.9 Å². The molecule has 6 nitrogen and oxygen atoms in total. The summed E-state index contributed by atoms with van der Waals surface area (Å²) in [6.45, 7) is 5.05. The Morgan fingerprint density at radius 1 is 0.900 bits per heavy atom. The highest BCUT2D eigenvalue weighted by Gasteiger charge is 2.44. The monoisotopic (exact) mass is 422 g/mol. The van der Waals surface area contributed by atoms with Crippen LogP contribution in [0.5, 0.6) is 0 Å². The van der Waals surface area contributed by atoms with Crippen molar-refractivity contribution >= 4 is 17.9 Å². The van der Waals surface area contributed by atoms with E-state index in [2.05, 4.69) is 0 Å². The molecule has 0 N–H and O–H groups in total. The van der Waals surface area contributed by atoms with Gasteiger partial charge in [-0.25, -0.2) is 4.79 Å². The van der Waals surface area contributed by atoms with Gasteiger partial charge in [0.25, 0.3) is 0 Å². The predicted octanol–water partition coefficient (Wildman–Crippen LogP) is 5.03. The molecular weight excluding hydrogens is 384 g/mol. The average Bonchev–Trinajstić information content (AvgIpc) is 3.13. The molecule has 6 heteroatoms. The van der Waals surface area contributed by atoms with Crippen LogP contribution in [0, 0.1) is 5.92 Å². The number of unbranched alkanes of at least 4 members (excludes halogenated alkanes) is 9. The number of carbonyl (C=O) groups excluding carboxylic acids is 3. The van der Waals surface area contributed by atoms with Crippen LogP contribution < -0.4 is 0 Å². The molecule has 2 aliphatic rings. The second-order valence-electron chi connectivity index (χ2n) is 8.70. The number of carbonyl (C=O) groups is 3. The summed E-state index contributed by atoms with van der Waals surface area (Å²) in [5.74, 6) is -1.04. The minimum atomic E-state index is -0.436. The van der Waals surface area contributed by atoms with Crippen LogP contribution in [-0.2, 0) is 28.6 Å². The van der Waals surface area contributed by atoms with Gasteiger partial charge < -0.3 is 14.2 Å². The first kappa shape index (κ1) is 24.4. The third-order valence-electron chi connectivity index (χ3n) is 5.97. The largest absolute Gasteiger partial charge is 0.458 e. The zero-order valence-electron chi connectivity index (χ0n) is 18.8. The SMILES string of the molecule is CC(=O)O[C@H]1[C@H](C)OC(=O)[C@H]1CCCCCCCCCCCCC1=C[C@@H](C)OC1=O. The Labute approximate surface area is 180 Å². The standard InChI is InChI=1S/C24H38O6/c1-17-16-20(23(26)28-17)14-12-10-8-6-4-5-7-9-11-13-15-21-22(30-19(3)25)18(2)29-24(21)27/h16-18,21-22H,4-15H2,1-3H3/t17-,18+,21+,22+/m1/s1. The molecule has 4 atom stereocenters. The third kappa shape index (κ3) is 8.11. The Morgan fingerprint density at radius 3 is 2.00 bits per heavy atom. The van der Waals surface area contributed by atoms with Gasteiger partial charge in [0.1, 0.15) is 12.2 Å². The Kier molecular flexibility index (Phi) is 10.4. The van der Waals surface area contributed by atoms with Gasteiger partial charge in [0, 0.05) is 12.5 Å². The maximum atomic E-state index is 12.0. The van der Waals surface area contributed by atoms with Crippen molar-refractivity contribution in [2.45, 2.75) is 116 Å². The van der Waals surface area contributed by atoms with Gasteiger partial charge in [-0.15, -0.1) is 0 Å². The lowest BCUT2D eigenvalue weighted by molar-refractivity contribution is -0.150. The molecule has 0 aliphatic carbocycles. The van der Waals surface area contributed by atoms with Crippen LogP contribution in [0.25, 0.3) is 0 Å². The summed E-state index contributed by atoms with van der Waals surface area (Å²) >= 11 is 0. The fourth-order valence-corrected chi connectivity index (χ4v) is 4.36. The quantitative estimate of drug-likeness (QED) is 0.222. The highest BCUT2D eigenvalue weighted by atomic mass is 16.6. The Bertz CT molecular complexity index is 611. The molecule has 30 heavy (non-hydrogen) atoms. The van der Waals surface area contributed by atoms with Crippen molar-refractivity contribution in [3.63, 3.8) is 0 Å². The highest BCUT2D eigenvalue weighted by Crippen LogP contribution is 2.29. The maximum Gasteiger partial charge on any atom is 0.334 e. The van der Waals surface area contributed by atoms with Gasteiger partial charge in [0.05, 0.1) is 5.92 Å². The van der Waals surface area contributed by atoms with Crippen LogP contribution in [0.4, 0.5) is 0 Å². The van der Waals surface area contributed by atoms with Gasteiger partial charge in [-0.1, -0.05) is 57.8 Å². The molecule has 2 rings (SSSR count). The van der Waals surface area contributed by atoms with E-state index in [1.807, 2.05) is 13.0 Å². The molecule has 0 radical (unpaired) electrons. The minimum absolute atomic E-state index is 0.0571. The summed E-state index contributed by atoms with van der Waals surface area (Å²) in [6.07, 6.45) is 14.3. The van der Waals surface area contributed by atoms with Crippen molar-refractivity contribution in [3.8, 4) is 0 Å². The van der Waals surface area contributed by atoms with Crippen LogP contribution in [0.2, 0.25) is 0 Å². The Balaban J connectivity index is 1.42. The van der Waals surface area contributed by atoms with Gasteiger partial charge in [-0.05, 0) is 39.2 Å². The lowest BCUT2D eigenvalue weighted by Crippen LogP contribution is -2.30. The summed E-state index contributed by atoms with van der Waals surface area (Å²) in [5.41, 5.74) is 0.849. The highest BCUT2D eigenvalue weighted by molar-refractivity contribution is 5.90. The smallest absolute Gasteiger partial charge is 0.334 e.